The van der Waals surface area contributed by atoms with Gasteiger partial charge < -0.3 is 0 Å². The van der Waals surface area contributed by atoms with E-state index in [0.717, 1.165) is 11.1 Å². The fraction of sp³-hybridized carbons (Fsp3) is 0.0909. The zero-order valence-electron chi connectivity index (χ0n) is 13.6. The second-order valence-corrected chi connectivity index (χ2v) is 4.89. The maximum Gasteiger partial charge on any atom is -0.0103 e. The first-order chi connectivity index (χ1) is 10.6. The summed E-state index contributed by atoms with van der Waals surface area (Å²) in [6, 6.07) is 0. The Hall–Kier alpha value is -2.60. The standard InChI is InChI=1S/C22H24/c1-7-11-14-20-17(5)18(6)21(15-12-8-2)22(16-13-9-3)19(20)10-4/h7-16H,1-4H2,5-6H3/b14-11-,15-12-,16-13-. The Balaban J connectivity index is 3.85. The molecule has 0 saturated carbocycles. The molecule has 0 aliphatic carbocycles. The molecule has 0 unspecified atom stereocenters. The van der Waals surface area contributed by atoms with Crippen LogP contribution in [0.2, 0.25) is 0 Å². The third-order valence-corrected chi connectivity index (χ3v) is 3.64. The zero-order chi connectivity index (χ0) is 16.5. The summed E-state index contributed by atoms with van der Waals surface area (Å²) in [4.78, 5) is 0. The van der Waals surface area contributed by atoms with Gasteiger partial charge in [0.25, 0.3) is 0 Å². The van der Waals surface area contributed by atoms with Crippen LogP contribution < -0.4 is 0 Å². The quantitative estimate of drug-likeness (QED) is 0.499. The van der Waals surface area contributed by atoms with Crippen molar-refractivity contribution >= 4 is 24.3 Å². The Morgan fingerprint density at radius 3 is 1.27 bits per heavy atom. The van der Waals surface area contributed by atoms with Gasteiger partial charge in [0.05, 0.1) is 0 Å². The molecule has 0 fully saturated rings. The van der Waals surface area contributed by atoms with Crippen LogP contribution in [0.1, 0.15) is 33.4 Å². The van der Waals surface area contributed by atoms with E-state index in [1.54, 1.807) is 18.2 Å². The van der Waals surface area contributed by atoms with Crippen molar-refractivity contribution in [3.8, 4) is 0 Å². The first-order valence-corrected chi connectivity index (χ1v) is 7.29. The monoisotopic (exact) mass is 288 g/mol. The van der Waals surface area contributed by atoms with E-state index in [4.69, 9.17) is 0 Å². The topological polar surface area (TPSA) is 0 Å². The molecule has 0 heteroatoms. The molecule has 0 aliphatic rings. The van der Waals surface area contributed by atoms with Gasteiger partial charge in [0, 0.05) is 0 Å². The maximum atomic E-state index is 4.00. The van der Waals surface area contributed by atoms with Crippen LogP contribution in [0.4, 0.5) is 0 Å². The van der Waals surface area contributed by atoms with Crippen LogP contribution >= 0.6 is 0 Å². The van der Waals surface area contributed by atoms with E-state index in [1.165, 1.54) is 22.3 Å². The molecule has 1 aromatic rings. The van der Waals surface area contributed by atoms with E-state index in [1.807, 2.05) is 24.3 Å². The Kier molecular flexibility index (Phi) is 6.85. The summed E-state index contributed by atoms with van der Waals surface area (Å²) in [5.41, 5.74) is 7.10. The highest BCUT2D eigenvalue weighted by molar-refractivity contribution is 5.83. The van der Waals surface area contributed by atoms with Gasteiger partial charge in [-0.2, -0.15) is 0 Å². The van der Waals surface area contributed by atoms with Crippen LogP contribution in [0.3, 0.4) is 0 Å². The molecule has 0 saturated heterocycles. The van der Waals surface area contributed by atoms with E-state index in [-0.39, 0.29) is 0 Å². The molecule has 0 nitrogen and oxygen atoms in total. The van der Waals surface area contributed by atoms with E-state index in [9.17, 15) is 0 Å². The molecular formula is C22H24. The lowest BCUT2D eigenvalue weighted by Crippen LogP contribution is -1.99. The van der Waals surface area contributed by atoms with Crippen LogP contribution in [0.5, 0.6) is 0 Å². The highest BCUT2D eigenvalue weighted by Crippen LogP contribution is 2.31. The zero-order valence-corrected chi connectivity index (χ0v) is 13.6. The first kappa shape index (κ1) is 17.5. The Morgan fingerprint density at radius 2 is 0.909 bits per heavy atom. The molecule has 1 aromatic carbocycles. The van der Waals surface area contributed by atoms with Crippen molar-refractivity contribution in [2.45, 2.75) is 13.8 Å². The summed E-state index contributed by atoms with van der Waals surface area (Å²) in [7, 11) is 0. The number of hydrogen-bond acceptors (Lipinski definition) is 0. The lowest BCUT2D eigenvalue weighted by Gasteiger charge is -2.18. The summed E-state index contributed by atoms with van der Waals surface area (Å²) >= 11 is 0. The molecule has 0 bridgehead atoms. The molecular weight excluding hydrogens is 264 g/mol. The first-order valence-electron chi connectivity index (χ1n) is 7.29. The molecule has 0 radical (unpaired) electrons. The molecule has 0 spiro atoms. The van der Waals surface area contributed by atoms with Gasteiger partial charge in [0.1, 0.15) is 0 Å². The maximum absolute atomic E-state index is 4.00. The van der Waals surface area contributed by atoms with Crippen LogP contribution in [0.25, 0.3) is 24.3 Å². The molecule has 0 amide bonds. The minimum absolute atomic E-state index is 1.11. The van der Waals surface area contributed by atoms with Crippen molar-refractivity contribution in [1.82, 2.24) is 0 Å². The summed E-state index contributed by atoms with van der Waals surface area (Å²) in [6.45, 7) is 19.5. The smallest absolute Gasteiger partial charge is 0.0103 e. The van der Waals surface area contributed by atoms with E-state index >= 15 is 0 Å². The third-order valence-electron chi connectivity index (χ3n) is 3.64. The fourth-order valence-corrected chi connectivity index (χ4v) is 2.42. The average Bonchev–Trinajstić information content (AvgIpc) is 2.53. The molecule has 1 rings (SSSR count). The molecule has 0 aromatic heterocycles. The molecule has 0 atom stereocenters. The lowest BCUT2D eigenvalue weighted by molar-refractivity contribution is 1.29. The van der Waals surface area contributed by atoms with E-state index in [0.29, 0.717) is 0 Å². The van der Waals surface area contributed by atoms with Crippen LogP contribution in [0, 0.1) is 13.8 Å². The molecule has 112 valence electrons. The van der Waals surface area contributed by atoms with Crippen molar-refractivity contribution < 1.29 is 0 Å². The van der Waals surface area contributed by atoms with Gasteiger partial charge in [-0.15, -0.1) is 0 Å². The summed E-state index contributed by atoms with van der Waals surface area (Å²) in [5, 5.41) is 0. The minimum atomic E-state index is 1.11. The van der Waals surface area contributed by atoms with Crippen molar-refractivity contribution in [2.75, 3.05) is 0 Å². The second kappa shape index (κ2) is 8.63. The SMILES string of the molecule is C=C/C=C\c1c(C)c(C)c(/C=C\C=C)c(/C=C\C=C)c1C=C. The molecule has 0 N–H and O–H groups in total. The van der Waals surface area contributed by atoms with Crippen molar-refractivity contribution in [3.63, 3.8) is 0 Å². The Morgan fingerprint density at radius 1 is 0.545 bits per heavy atom. The van der Waals surface area contributed by atoms with Gasteiger partial charge in [-0.05, 0) is 47.2 Å². The summed E-state index contributed by atoms with van der Waals surface area (Å²) in [6.07, 6.45) is 19.4. The van der Waals surface area contributed by atoms with E-state index in [2.05, 4.69) is 58.4 Å². The summed E-state index contributed by atoms with van der Waals surface area (Å²) < 4.78 is 0. The van der Waals surface area contributed by atoms with Crippen LogP contribution in [-0.4, -0.2) is 0 Å². The van der Waals surface area contributed by atoms with Gasteiger partial charge >= 0.3 is 0 Å². The predicted molar refractivity (Wildman–Crippen MR) is 104 cm³/mol. The van der Waals surface area contributed by atoms with Crippen molar-refractivity contribution in [1.29, 1.82) is 0 Å². The Labute approximate surface area is 134 Å². The van der Waals surface area contributed by atoms with Crippen LogP contribution in [0.15, 0.2) is 62.8 Å². The summed E-state index contributed by atoms with van der Waals surface area (Å²) in [5.74, 6) is 0. The minimum Gasteiger partial charge on any atom is -0.0991 e. The number of benzene rings is 1. The van der Waals surface area contributed by atoms with E-state index < -0.39 is 0 Å². The van der Waals surface area contributed by atoms with Crippen molar-refractivity contribution in [2.24, 2.45) is 0 Å². The van der Waals surface area contributed by atoms with Crippen molar-refractivity contribution in [3.05, 3.63) is 96.2 Å². The largest absolute Gasteiger partial charge is 0.0991 e. The average molecular weight is 288 g/mol. The van der Waals surface area contributed by atoms with Gasteiger partial charge in [-0.25, -0.2) is 0 Å². The van der Waals surface area contributed by atoms with Gasteiger partial charge in [-0.3, -0.25) is 0 Å². The number of rotatable bonds is 7. The van der Waals surface area contributed by atoms with Gasteiger partial charge in [0.2, 0.25) is 0 Å². The van der Waals surface area contributed by atoms with Gasteiger partial charge in [-0.1, -0.05) is 87.1 Å². The molecule has 0 aliphatic heterocycles. The lowest BCUT2D eigenvalue weighted by atomic mass is 9.86. The normalized spacial score (nSPS) is 11.4. The second-order valence-electron chi connectivity index (χ2n) is 4.89. The highest BCUT2D eigenvalue weighted by atomic mass is 14.2. The molecule has 0 heterocycles. The number of hydrogen-bond donors (Lipinski definition) is 0. The highest BCUT2D eigenvalue weighted by Gasteiger charge is 2.13. The van der Waals surface area contributed by atoms with Gasteiger partial charge in [0.15, 0.2) is 0 Å². The predicted octanol–water partition coefficient (Wildman–Crippen LogP) is 6.54. The fourth-order valence-electron chi connectivity index (χ4n) is 2.42. The Bertz CT molecular complexity index is 677. The number of allylic oxidation sites excluding steroid dienone is 6. The molecule has 22 heavy (non-hydrogen) atoms. The van der Waals surface area contributed by atoms with Crippen LogP contribution in [-0.2, 0) is 0 Å². The third kappa shape index (κ3) is 3.73.